The molecule has 11 heteroatoms. The molecule has 8 nitrogen and oxygen atoms in total. The second-order valence-electron chi connectivity index (χ2n) is 4.15. The van der Waals surface area contributed by atoms with E-state index in [0.717, 1.165) is 11.3 Å². The molecule has 0 atom stereocenters. The third-order valence-corrected chi connectivity index (χ3v) is 5.44. The van der Waals surface area contributed by atoms with E-state index in [4.69, 9.17) is 16.7 Å². The fraction of sp³-hybridized carbons (Fsp3) is 0.300. The van der Waals surface area contributed by atoms with Crippen LogP contribution in [0, 0.1) is 6.92 Å². The molecule has 2 heterocycles. The number of aryl methyl sites for hydroxylation is 2. The molecule has 21 heavy (non-hydrogen) atoms. The summed E-state index contributed by atoms with van der Waals surface area (Å²) in [5, 5.41) is 14.1. The molecule has 0 aliphatic heterocycles. The number of aliphatic carboxylic acids is 1. The zero-order valence-corrected chi connectivity index (χ0v) is 13.4. The highest BCUT2D eigenvalue weighted by Crippen LogP contribution is 2.27. The van der Waals surface area contributed by atoms with Gasteiger partial charge in [-0.2, -0.15) is 5.10 Å². The van der Waals surface area contributed by atoms with Gasteiger partial charge in [0, 0.05) is 12.4 Å². The van der Waals surface area contributed by atoms with Crippen LogP contribution in [0.4, 0.5) is 5.13 Å². The van der Waals surface area contributed by atoms with Crippen LogP contribution in [0.25, 0.3) is 0 Å². The Hall–Kier alpha value is -1.65. The summed E-state index contributed by atoms with van der Waals surface area (Å²) in [5.41, 5.74) is 0.538. The second kappa shape index (κ2) is 5.62. The molecule has 0 unspecified atom stereocenters. The van der Waals surface area contributed by atoms with Crippen LogP contribution < -0.4 is 4.72 Å². The maximum atomic E-state index is 12.3. The van der Waals surface area contributed by atoms with Crippen LogP contribution in [0.1, 0.15) is 11.4 Å². The smallest absolute Gasteiger partial charge is 0.309 e. The highest BCUT2D eigenvalue weighted by Gasteiger charge is 2.26. The quantitative estimate of drug-likeness (QED) is 0.839. The van der Waals surface area contributed by atoms with Crippen molar-refractivity contribution in [2.75, 3.05) is 4.72 Å². The molecule has 0 radical (unpaired) electrons. The van der Waals surface area contributed by atoms with Crippen molar-refractivity contribution < 1.29 is 18.3 Å². The number of anilines is 1. The summed E-state index contributed by atoms with van der Waals surface area (Å²) in [6, 6.07) is 0. The summed E-state index contributed by atoms with van der Waals surface area (Å²) in [6.07, 6.45) is -0.273. The molecule has 0 fully saturated rings. The molecule has 2 aromatic heterocycles. The predicted octanol–water partition coefficient (Wildman–Crippen LogP) is 1.27. The van der Waals surface area contributed by atoms with Crippen molar-refractivity contribution in [3.05, 3.63) is 21.9 Å². The molecule has 114 valence electrons. The van der Waals surface area contributed by atoms with Crippen molar-refractivity contribution in [2.45, 2.75) is 18.2 Å². The van der Waals surface area contributed by atoms with Gasteiger partial charge in [0.2, 0.25) is 0 Å². The molecule has 0 saturated heterocycles. The van der Waals surface area contributed by atoms with Gasteiger partial charge in [0.25, 0.3) is 10.0 Å². The monoisotopic (exact) mass is 350 g/mol. The maximum absolute atomic E-state index is 12.3. The number of rotatable bonds is 5. The van der Waals surface area contributed by atoms with Crippen LogP contribution in [0.2, 0.25) is 5.15 Å². The van der Waals surface area contributed by atoms with Gasteiger partial charge in [-0.1, -0.05) is 11.6 Å². The van der Waals surface area contributed by atoms with Gasteiger partial charge in [-0.25, -0.2) is 13.4 Å². The minimum atomic E-state index is -3.93. The number of aromatic nitrogens is 3. The van der Waals surface area contributed by atoms with Gasteiger partial charge in [-0.05, 0) is 6.92 Å². The number of nitrogens with one attached hydrogen (secondary N) is 1. The molecule has 0 spiro atoms. The van der Waals surface area contributed by atoms with Gasteiger partial charge in [0.05, 0.1) is 17.8 Å². The maximum Gasteiger partial charge on any atom is 0.309 e. The fourth-order valence-corrected chi connectivity index (χ4v) is 4.39. The van der Waals surface area contributed by atoms with Crippen molar-refractivity contribution in [1.82, 2.24) is 14.8 Å². The Morgan fingerprint density at radius 3 is 2.76 bits per heavy atom. The van der Waals surface area contributed by atoms with Crippen molar-refractivity contribution in [3.63, 3.8) is 0 Å². The number of sulfonamides is 1. The molecule has 0 bridgehead atoms. The van der Waals surface area contributed by atoms with Crippen LogP contribution >= 0.6 is 22.9 Å². The van der Waals surface area contributed by atoms with Crippen LogP contribution in [-0.2, 0) is 28.3 Å². The van der Waals surface area contributed by atoms with E-state index in [0.29, 0.717) is 0 Å². The van der Waals surface area contributed by atoms with E-state index in [2.05, 4.69) is 14.8 Å². The Labute approximate surface area is 129 Å². The number of halogens is 1. The van der Waals surface area contributed by atoms with E-state index >= 15 is 0 Å². The molecule has 0 amide bonds. The number of carboxylic acids is 1. The van der Waals surface area contributed by atoms with Crippen molar-refractivity contribution in [2.24, 2.45) is 7.05 Å². The second-order valence-corrected chi connectivity index (χ2v) is 6.98. The Morgan fingerprint density at radius 2 is 2.24 bits per heavy atom. The number of hydrogen-bond acceptors (Lipinski definition) is 6. The average molecular weight is 351 g/mol. The lowest BCUT2D eigenvalue weighted by Crippen LogP contribution is -2.14. The summed E-state index contributed by atoms with van der Waals surface area (Å²) < 4.78 is 28.1. The first-order valence-electron chi connectivity index (χ1n) is 5.59. The van der Waals surface area contributed by atoms with E-state index in [1.54, 1.807) is 0 Å². The molecule has 0 saturated carbocycles. The van der Waals surface area contributed by atoms with Crippen LogP contribution in [0.5, 0.6) is 0 Å². The Bertz CT molecular complexity index is 796. The molecule has 2 rings (SSSR count). The van der Waals surface area contributed by atoms with E-state index < -0.39 is 16.0 Å². The summed E-state index contributed by atoms with van der Waals surface area (Å²) in [6.45, 7) is 1.53. The highest BCUT2D eigenvalue weighted by molar-refractivity contribution is 7.93. The van der Waals surface area contributed by atoms with Gasteiger partial charge in [0.15, 0.2) is 5.13 Å². The molecule has 0 aromatic carbocycles. The standard InChI is InChI=1S/C10H11ClN4O4S2/c1-5-8(9(11)15(2)13-5)21(18,19)14-10-12-6(4-20-10)3-7(16)17/h4H,3H2,1-2H3,(H,12,14)(H,16,17). The SMILES string of the molecule is Cc1nn(C)c(Cl)c1S(=O)(=O)Nc1nc(CC(=O)O)cs1. The number of carbonyl (C=O) groups is 1. The highest BCUT2D eigenvalue weighted by atomic mass is 35.5. The van der Waals surface area contributed by atoms with Crippen molar-refractivity contribution in [3.8, 4) is 0 Å². The Kier molecular flexibility index (Phi) is 4.21. The van der Waals surface area contributed by atoms with Crippen LogP contribution in [-0.4, -0.2) is 34.3 Å². The Balaban J connectivity index is 2.29. The normalized spacial score (nSPS) is 11.6. The average Bonchev–Trinajstić information content (AvgIpc) is 2.83. The van der Waals surface area contributed by atoms with E-state index in [9.17, 15) is 13.2 Å². The third kappa shape index (κ3) is 3.34. The number of thiazole rings is 1. The minimum Gasteiger partial charge on any atom is -0.481 e. The summed E-state index contributed by atoms with van der Waals surface area (Å²) in [7, 11) is -2.40. The van der Waals surface area contributed by atoms with Gasteiger partial charge in [-0.15, -0.1) is 11.3 Å². The van der Waals surface area contributed by atoms with Crippen LogP contribution in [0.3, 0.4) is 0 Å². The molecular formula is C10H11ClN4O4S2. The molecular weight excluding hydrogens is 340 g/mol. The van der Waals surface area contributed by atoms with Crippen molar-refractivity contribution in [1.29, 1.82) is 0 Å². The first-order chi connectivity index (χ1) is 9.70. The number of hydrogen-bond donors (Lipinski definition) is 2. The van der Waals surface area contributed by atoms with E-state index in [1.165, 1.54) is 24.0 Å². The first kappa shape index (κ1) is 15.7. The predicted molar refractivity (Wildman–Crippen MR) is 77.2 cm³/mol. The van der Waals surface area contributed by atoms with Gasteiger partial charge in [-0.3, -0.25) is 14.2 Å². The van der Waals surface area contributed by atoms with Crippen LogP contribution in [0.15, 0.2) is 10.3 Å². The third-order valence-electron chi connectivity index (χ3n) is 2.47. The van der Waals surface area contributed by atoms with Crippen molar-refractivity contribution >= 4 is 44.1 Å². The lowest BCUT2D eigenvalue weighted by atomic mass is 10.3. The fourth-order valence-electron chi connectivity index (χ4n) is 1.67. The first-order valence-corrected chi connectivity index (χ1v) is 8.33. The molecule has 2 aromatic rings. The zero-order valence-electron chi connectivity index (χ0n) is 11.0. The Morgan fingerprint density at radius 1 is 1.57 bits per heavy atom. The van der Waals surface area contributed by atoms with E-state index in [-0.39, 0.29) is 33.0 Å². The topological polar surface area (TPSA) is 114 Å². The summed E-state index contributed by atoms with van der Waals surface area (Å²) >= 11 is 6.92. The lowest BCUT2D eigenvalue weighted by molar-refractivity contribution is -0.136. The molecule has 0 aliphatic rings. The summed E-state index contributed by atoms with van der Waals surface area (Å²) in [4.78, 5) is 14.4. The number of nitrogens with zero attached hydrogens (tertiary/aromatic N) is 3. The number of carboxylic acid groups (broad SMARTS) is 1. The zero-order chi connectivity index (χ0) is 15.8. The van der Waals surface area contributed by atoms with Gasteiger partial charge >= 0.3 is 5.97 Å². The summed E-state index contributed by atoms with van der Waals surface area (Å²) in [5.74, 6) is -1.04. The minimum absolute atomic E-state index is 0.0117. The van der Waals surface area contributed by atoms with E-state index in [1.807, 2.05) is 0 Å². The largest absolute Gasteiger partial charge is 0.481 e. The van der Waals surface area contributed by atoms with Gasteiger partial charge in [0.1, 0.15) is 10.0 Å². The molecule has 0 aliphatic carbocycles. The van der Waals surface area contributed by atoms with Gasteiger partial charge < -0.3 is 5.11 Å². The lowest BCUT2D eigenvalue weighted by Gasteiger charge is -2.04. The molecule has 2 N–H and O–H groups in total.